The summed E-state index contributed by atoms with van der Waals surface area (Å²) in [6.45, 7) is 3.52. The molecule has 6 heteroatoms. The lowest BCUT2D eigenvalue weighted by atomic mass is 10.0. The third-order valence-electron chi connectivity index (χ3n) is 1.78. The van der Waals surface area contributed by atoms with Crippen LogP contribution in [-0.2, 0) is 0 Å². The molecule has 4 N–H and O–H groups in total. The van der Waals surface area contributed by atoms with Crippen LogP contribution >= 0.6 is 0 Å². The predicted molar refractivity (Wildman–Crippen MR) is 50.3 cm³/mol. The highest BCUT2D eigenvalue weighted by Crippen LogP contribution is 2.18. The molecular weight excluding hydrogens is 186 g/mol. The van der Waals surface area contributed by atoms with Crippen molar-refractivity contribution in [3.63, 3.8) is 0 Å². The maximum atomic E-state index is 11.0. The maximum absolute atomic E-state index is 11.0. The smallest absolute Gasteiger partial charge is 0.347 e. The number of hydrogen-bond acceptors (Lipinski definition) is 4. The van der Waals surface area contributed by atoms with Crippen LogP contribution in [0.2, 0.25) is 0 Å². The quantitative estimate of drug-likeness (QED) is 0.626. The maximum Gasteiger partial charge on any atom is 0.347 e. The Kier molecular flexibility index (Phi) is 2.55. The average molecular weight is 197 g/mol. The minimum Gasteiger partial charge on any atom is -0.477 e. The van der Waals surface area contributed by atoms with Crippen LogP contribution in [0.3, 0.4) is 0 Å². The molecule has 14 heavy (non-hydrogen) atoms. The number of hydrogen-bond donors (Lipinski definition) is 3. The Morgan fingerprint density at radius 3 is 2.57 bits per heavy atom. The Bertz CT molecular complexity index is 422. The third-order valence-corrected chi connectivity index (χ3v) is 1.78. The highest BCUT2D eigenvalue weighted by atomic mass is 16.4. The second-order valence-electron chi connectivity index (χ2n) is 3.18. The number of rotatable bonds is 2. The number of carboxylic acid groups (broad SMARTS) is 1. The summed E-state index contributed by atoms with van der Waals surface area (Å²) >= 11 is 0. The molecule has 0 aromatic carbocycles. The number of aromatic amines is 1. The van der Waals surface area contributed by atoms with E-state index in [1.54, 1.807) is 13.8 Å². The number of carboxylic acids is 1. The highest BCUT2D eigenvalue weighted by molar-refractivity contribution is 5.93. The molecule has 1 aromatic rings. The highest BCUT2D eigenvalue weighted by Gasteiger charge is 2.18. The molecule has 0 unspecified atom stereocenters. The lowest BCUT2D eigenvalue weighted by Gasteiger charge is -2.09. The zero-order chi connectivity index (χ0) is 10.9. The van der Waals surface area contributed by atoms with Gasteiger partial charge in [-0.2, -0.15) is 4.98 Å². The monoisotopic (exact) mass is 197 g/mol. The fourth-order valence-electron chi connectivity index (χ4n) is 1.17. The van der Waals surface area contributed by atoms with E-state index < -0.39 is 11.7 Å². The molecule has 6 nitrogen and oxygen atoms in total. The summed E-state index contributed by atoms with van der Waals surface area (Å²) in [5, 5.41) is 8.84. The second-order valence-corrected chi connectivity index (χ2v) is 3.18. The van der Waals surface area contributed by atoms with Gasteiger partial charge in [-0.15, -0.1) is 0 Å². The van der Waals surface area contributed by atoms with E-state index in [2.05, 4.69) is 9.97 Å². The molecule has 1 aromatic heterocycles. The molecule has 0 aliphatic heterocycles. The summed E-state index contributed by atoms with van der Waals surface area (Å²) in [5.74, 6) is -1.56. The van der Waals surface area contributed by atoms with Gasteiger partial charge in [0.1, 0.15) is 11.4 Å². The van der Waals surface area contributed by atoms with Crippen molar-refractivity contribution >= 4 is 11.8 Å². The molecule has 0 aliphatic carbocycles. The number of nitrogens with one attached hydrogen (secondary N) is 1. The van der Waals surface area contributed by atoms with Gasteiger partial charge < -0.3 is 15.8 Å². The number of carbonyl (C=O) groups is 1. The first-order chi connectivity index (χ1) is 6.43. The van der Waals surface area contributed by atoms with Gasteiger partial charge in [0.05, 0.1) is 0 Å². The van der Waals surface area contributed by atoms with Gasteiger partial charge in [-0.3, -0.25) is 0 Å². The molecule has 0 bridgehead atoms. The van der Waals surface area contributed by atoms with Crippen molar-refractivity contribution in [3.8, 4) is 0 Å². The van der Waals surface area contributed by atoms with Gasteiger partial charge in [-0.25, -0.2) is 9.59 Å². The zero-order valence-corrected chi connectivity index (χ0v) is 7.87. The van der Waals surface area contributed by atoms with Gasteiger partial charge >= 0.3 is 11.7 Å². The van der Waals surface area contributed by atoms with E-state index in [0.717, 1.165) is 0 Å². The molecule has 0 fully saturated rings. The standard InChI is InChI=1S/C8H11N3O3/c1-3(2)5-4(7(12)13)6(9)11-8(14)10-5/h3H,1-2H3,(H,12,13)(H3,9,10,11,14). The summed E-state index contributed by atoms with van der Waals surface area (Å²) in [6.07, 6.45) is 0. The Labute approximate surface area is 79.8 Å². The Morgan fingerprint density at radius 2 is 2.14 bits per heavy atom. The van der Waals surface area contributed by atoms with Crippen molar-refractivity contribution in [1.29, 1.82) is 0 Å². The van der Waals surface area contributed by atoms with Crippen LogP contribution in [0.5, 0.6) is 0 Å². The van der Waals surface area contributed by atoms with Gasteiger partial charge in [0.25, 0.3) is 0 Å². The van der Waals surface area contributed by atoms with Crippen molar-refractivity contribution in [1.82, 2.24) is 9.97 Å². The van der Waals surface area contributed by atoms with Gasteiger partial charge in [0, 0.05) is 5.69 Å². The van der Waals surface area contributed by atoms with Crippen molar-refractivity contribution in [2.75, 3.05) is 5.73 Å². The van der Waals surface area contributed by atoms with E-state index in [1.165, 1.54) is 0 Å². The molecule has 0 spiro atoms. The van der Waals surface area contributed by atoms with Crippen molar-refractivity contribution < 1.29 is 9.90 Å². The topological polar surface area (TPSA) is 109 Å². The van der Waals surface area contributed by atoms with E-state index in [4.69, 9.17) is 10.8 Å². The number of nitrogen functional groups attached to an aromatic ring is 1. The molecule has 0 saturated heterocycles. The van der Waals surface area contributed by atoms with Gasteiger partial charge in [-0.05, 0) is 5.92 Å². The van der Waals surface area contributed by atoms with Crippen molar-refractivity contribution in [2.24, 2.45) is 0 Å². The first-order valence-electron chi connectivity index (χ1n) is 4.06. The minimum atomic E-state index is -1.19. The van der Waals surface area contributed by atoms with Crippen molar-refractivity contribution in [2.45, 2.75) is 19.8 Å². The van der Waals surface area contributed by atoms with E-state index in [9.17, 15) is 9.59 Å². The summed E-state index contributed by atoms with van der Waals surface area (Å²) in [4.78, 5) is 27.5. The lowest BCUT2D eigenvalue weighted by Crippen LogP contribution is -2.21. The molecule has 0 aliphatic rings. The van der Waals surface area contributed by atoms with Crippen LogP contribution in [0, 0.1) is 0 Å². The number of aromatic nitrogens is 2. The number of nitrogens with zero attached hydrogens (tertiary/aromatic N) is 1. The molecule has 0 atom stereocenters. The minimum absolute atomic E-state index is 0.125. The molecular formula is C8H11N3O3. The first-order valence-corrected chi connectivity index (χ1v) is 4.06. The molecule has 0 saturated carbocycles. The predicted octanol–water partition coefficient (Wildman–Crippen LogP) is 0.174. The Balaban J connectivity index is 3.52. The van der Waals surface area contributed by atoms with Crippen molar-refractivity contribution in [3.05, 3.63) is 21.7 Å². The summed E-state index contributed by atoms with van der Waals surface area (Å²) in [6, 6.07) is 0. The average Bonchev–Trinajstić information content (AvgIpc) is 2.01. The van der Waals surface area contributed by atoms with Crippen LogP contribution in [-0.4, -0.2) is 21.0 Å². The lowest BCUT2D eigenvalue weighted by molar-refractivity contribution is 0.0695. The molecule has 1 heterocycles. The number of H-pyrrole nitrogens is 1. The number of aromatic carboxylic acids is 1. The number of nitrogens with two attached hydrogens (primary N) is 1. The van der Waals surface area contributed by atoms with Crippen LogP contribution < -0.4 is 11.4 Å². The first kappa shape index (κ1) is 10.2. The molecule has 0 radical (unpaired) electrons. The van der Waals surface area contributed by atoms with Gasteiger partial charge in [0.2, 0.25) is 0 Å². The van der Waals surface area contributed by atoms with Crippen LogP contribution in [0.25, 0.3) is 0 Å². The summed E-state index contributed by atoms with van der Waals surface area (Å²) < 4.78 is 0. The fraction of sp³-hybridized carbons (Fsp3) is 0.375. The van der Waals surface area contributed by atoms with E-state index in [1.807, 2.05) is 0 Å². The van der Waals surface area contributed by atoms with Gasteiger partial charge in [-0.1, -0.05) is 13.8 Å². The van der Waals surface area contributed by atoms with Crippen LogP contribution in [0.4, 0.5) is 5.82 Å². The largest absolute Gasteiger partial charge is 0.477 e. The van der Waals surface area contributed by atoms with Crippen LogP contribution in [0.15, 0.2) is 4.79 Å². The molecule has 1 rings (SSSR count). The SMILES string of the molecule is CC(C)c1[nH]c(=O)nc(N)c1C(=O)O. The zero-order valence-electron chi connectivity index (χ0n) is 7.87. The van der Waals surface area contributed by atoms with E-state index in [0.29, 0.717) is 5.69 Å². The number of anilines is 1. The van der Waals surface area contributed by atoms with Crippen LogP contribution in [0.1, 0.15) is 35.8 Å². The van der Waals surface area contributed by atoms with E-state index >= 15 is 0 Å². The molecule has 0 amide bonds. The second kappa shape index (κ2) is 3.49. The fourth-order valence-corrected chi connectivity index (χ4v) is 1.17. The molecule has 76 valence electrons. The summed E-state index contributed by atoms with van der Waals surface area (Å²) in [7, 11) is 0. The summed E-state index contributed by atoms with van der Waals surface area (Å²) in [5.41, 5.74) is 4.90. The normalized spacial score (nSPS) is 10.5. The Morgan fingerprint density at radius 1 is 1.57 bits per heavy atom. The third kappa shape index (κ3) is 1.73. The van der Waals surface area contributed by atoms with E-state index in [-0.39, 0.29) is 17.3 Å². The van der Waals surface area contributed by atoms with Gasteiger partial charge in [0.15, 0.2) is 0 Å². The Hall–Kier alpha value is -1.85.